The first-order chi connectivity index (χ1) is 22.2. The lowest BCUT2D eigenvalue weighted by atomic mass is 9.70. The molecule has 3 saturated heterocycles. The average molecular weight is 650 g/mol. The van der Waals surface area contributed by atoms with Gasteiger partial charge in [-0.1, -0.05) is 54.1 Å². The molecule has 2 N–H and O–H groups in total. The zero-order valence-corrected chi connectivity index (χ0v) is 26.4. The van der Waals surface area contributed by atoms with Crippen molar-refractivity contribution in [2.45, 2.75) is 55.9 Å². The van der Waals surface area contributed by atoms with Crippen LogP contribution in [-0.2, 0) is 28.7 Å². The zero-order valence-electron chi connectivity index (χ0n) is 25.7. The van der Waals surface area contributed by atoms with Crippen LogP contribution in [0.5, 0.6) is 0 Å². The molecule has 0 saturated carbocycles. The Morgan fingerprint density at radius 1 is 1.15 bits per heavy atom. The van der Waals surface area contributed by atoms with Crippen LogP contribution >= 0.6 is 11.6 Å². The second kappa shape index (κ2) is 14.6. The Hall–Kier alpha value is -3.99. The number of anilines is 1. The second-order valence-electron chi connectivity index (χ2n) is 11.9. The van der Waals surface area contributed by atoms with Gasteiger partial charge in [0.25, 0.3) is 5.91 Å². The molecular formula is C35H40ClN3O7. The van der Waals surface area contributed by atoms with Crippen LogP contribution in [0.3, 0.4) is 0 Å². The number of carbonyl (C=O) groups excluding carboxylic acids is 4. The molecule has 3 aliphatic rings. The Kier molecular flexibility index (Phi) is 10.6. The van der Waals surface area contributed by atoms with E-state index < -0.39 is 47.5 Å². The number of nitrogens with one attached hydrogen (secondary N) is 1. The number of likely N-dealkylation sites (tertiary alicyclic amines) is 1. The number of amides is 3. The fourth-order valence-electron chi connectivity index (χ4n) is 7.08. The summed E-state index contributed by atoms with van der Waals surface area (Å²) in [5.41, 5.74) is 0.102. The van der Waals surface area contributed by atoms with Crippen molar-refractivity contribution in [2.24, 2.45) is 11.8 Å². The van der Waals surface area contributed by atoms with Crippen LogP contribution in [-0.4, -0.2) is 77.7 Å². The number of rotatable bonds is 15. The monoisotopic (exact) mass is 649 g/mol. The predicted octanol–water partition coefficient (Wildman–Crippen LogP) is 3.98. The van der Waals surface area contributed by atoms with Crippen LogP contribution in [0, 0.1) is 11.8 Å². The summed E-state index contributed by atoms with van der Waals surface area (Å²) in [4.78, 5) is 58.2. The van der Waals surface area contributed by atoms with Crippen LogP contribution in [0.1, 0.15) is 43.7 Å². The van der Waals surface area contributed by atoms with E-state index in [9.17, 15) is 24.3 Å². The summed E-state index contributed by atoms with van der Waals surface area (Å²) < 4.78 is 12.1. The molecule has 0 radical (unpaired) electrons. The Morgan fingerprint density at radius 3 is 2.57 bits per heavy atom. The molecule has 3 aliphatic heterocycles. The molecule has 11 heteroatoms. The molecule has 10 nitrogen and oxygen atoms in total. The first kappa shape index (κ1) is 33.4. The van der Waals surface area contributed by atoms with Crippen molar-refractivity contribution in [1.29, 1.82) is 0 Å². The van der Waals surface area contributed by atoms with E-state index >= 15 is 0 Å². The van der Waals surface area contributed by atoms with Gasteiger partial charge in [-0.2, -0.15) is 0 Å². The number of ether oxygens (including phenoxy) is 2. The summed E-state index contributed by atoms with van der Waals surface area (Å²) in [5.74, 6) is -3.28. The molecule has 1 spiro atoms. The van der Waals surface area contributed by atoms with E-state index in [4.69, 9.17) is 21.1 Å². The second-order valence-corrected chi connectivity index (χ2v) is 12.3. The number of aliphatic hydroxyl groups excluding tert-OH is 1. The maximum absolute atomic E-state index is 14.5. The topological polar surface area (TPSA) is 125 Å². The molecule has 46 heavy (non-hydrogen) atoms. The molecule has 3 fully saturated rings. The Balaban J connectivity index is 1.44. The number of hydrogen-bond donors (Lipinski definition) is 2. The standard InChI is InChI=1S/C35H40ClN3O7/c1-3-5-12-28(41)45-22-26(23-10-7-6-8-11-23)37-32(42)29-27-17-18-35(46-27)30(29)33(43)39(20-9-21-40)31(35)34(44)38(19-4-2)25-15-13-24(36)14-16-25/h3-4,6-8,10-11,13-16,26-27,29-31,40H,1-2,5,9,12,17-22H2,(H,37,42)/t26-,27-,29+,30+,31-,35+/m0/s1. The zero-order chi connectivity index (χ0) is 32.8. The van der Waals surface area contributed by atoms with Gasteiger partial charge in [-0.15, -0.1) is 13.2 Å². The van der Waals surface area contributed by atoms with Gasteiger partial charge in [0.1, 0.15) is 18.2 Å². The third kappa shape index (κ3) is 6.47. The van der Waals surface area contributed by atoms with Gasteiger partial charge in [0.15, 0.2) is 0 Å². The van der Waals surface area contributed by atoms with Crippen LogP contribution in [0.2, 0.25) is 5.02 Å². The van der Waals surface area contributed by atoms with E-state index in [0.717, 1.165) is 5.56 Å². The van der Waals surface area contributed by atoms with E-state index in [2.05, 4.69) is 18.5 Å². The Labute approximate surface area is 274 Å². The molecule has 5 rings (SSSR count). The van der Waals surface area contributed by atoms with Crippen molar-refractivity contribution in [3.8, 4) is 0 Å². The van der Waals surface area contributed by atoms with Gasteiger partial charge in [-0.05, 0) is 55.5 Å². The number of hydrogen-bond acceptors (Lipinski definition) is 7. The van der Waals surface area contributed by atoms with Gasteiger partial charge in [0.05, 0.1) is 24.0 Å². The third-order valence-corrected chi connectivity index (χ3v) is 9.34. The molecule has 6 atom stereocenters. The number of esters is 1. The van der Waals surface area contributed by atoms with Gasteiger partial charge in [0, 0.05) is 36.8 Å². The number of aliphatic hydroxyl groups is 1. The fraction of sp³-hybridized carbons (Fsp3) is 0.429. The van der Waals surface area contributed by atoms with E-state index in [1.165, 1.54) is 4.90 Å². The van der Waals surface area contributed by atoms with Gasteiger partial charge in [-0.25, -0.2) is 0 Å². The molecular weight excluding hydrogens is 610 g/mol. The molecule has 0 aromatic heterocycles. The normalized spacial score (nSPS) is 25.1. The molecule has 2 aromatic rings. The highest BCUT2D eigenvalue weighted by Crippen LogP contribution is 2.58. The molecule has 2 aromatic carbocycles. The SMILES string of the molecule is C=CCCC(=O)OC[C@H](NC(=O)[C@@H]1[C@@H]2CC[C@]3(O2)[C@H](C(=O)N(CC=C)c2ccc(Cl)cc2)N(CCCO)C(=O)[C@@H]13)c1ccccc1. The van der Waals surface area contributed by atoms with Crippen molar-refractivity contribution in [2.75, 3.05) is 31.2 Å². The van der Waals surface area contributed by atoms with E-state index in [1.54, 1.807) is 41.3 Å². The van der Waals surface area contributed by atoms with Crippen LogP contribution < -0.4 is 10.2 Å². The number of nitrogens with zero attached hydrogens (tertiary/aromatic N) is 2. The highest BCUT2D eigenvalue weighted by Gasteiger charge is 2.74. The number of benzene rings is 2. The smallest absolute Gasteiger partial charge is 0.306 e. The number of carbonyl (C=O) groups is 4. The minimum Gasteiger partial charge on any atom is -0.463 e. The Morgan fingerprint density at radius 2 is 1.89 bits per heavy atom. The van der Waals surface area contributed by atoms with E-state index in [1.807, 2.05) is 30.3 Å². The first-order valence-corrected chi connectivity index (χ1v) is 16.0. The molecule has 244 valence electrons. The number of halogens is 1. The lowest BCUT2D eigenvalue weighted by molar-refractivity contribution is -0.146. The van der Waals surface area contributed by atoms with Crippen LogP contribution in [0.4, 0.5) is 5.69 Å². The van der Waals surface area contributed by atoms with Gasteiger partial charge >= 0.3 is 5.97 Å². The summed E-state index contributed by atoms with van der Waals surface area (Å²) in [6, 6.07) is 14.3. The molecule has 2 bridgehead atoms. The van der Waals surface area contributed by atoms with Crippen molar-refractivity contribution in [3.05, 3.63) is 90.5 Å². The quantitative estimate of drug-likeness (QED) is 0.221. The average Bonchev–Trinajstić information content (AvgIpc) is 3.71. The summed E-state index contributed by atoms with van der Waals surface area (Å²) in [6.45, 7) is 7.50. The van der Waals surface area contributed by atoms with Crippen molar-refractivity contribution in [1.82, 2.24) is 10.2 Å². The van der Waals surface area contributed by atoms with Crippen molar-refractivity contribution in [3.63, 3.8) is 0 Å². The van der Waals surface area contributed by atoms with Crippen molar-refractivity contribution < 1.29 is 33.8 Å². The fourth-order valence-corrected chi connectivity index (χ4v) is 7.20. The summed E-state index contributed by atoms with van der Waals surface area (Å²) in [7, 11) is 0. The van der Waals surface area contributed by atoms with Crippen LogP contribution in [0.15, 0.2) is 79.9 Å². The Bertz CT molecular complexity index is 1450. The number of fused-ring (bicyclic) bond motifs is 1. The summed E-state index contributed by atoms with van der Waals surface area (Å²) in [5, 5.41) is 13.2. The van der Waals surface area contributed by atoms with Gasteiger partial charge in [0.2, 0.25) is 11.8 Å². The van der Waals surface area contributed by atoms with Crippen molar-refractivity contribution >= 4 is 41.0 Å². The maximum atomic E-state index is 14.5. The molecule has 3 heterocycles. The molecule has 0 aliphatic carbocycles. The van der Waals surface area contributed by atoms with Crippen LogP contribution in [0.25, 0.3) is 0 Å². The maximum Gasteiger partial charge on any atom is 0.306 e. The largest absolute Gasteiger partial charge is 0.463 e. The lowest BCUT2D eigenvalue weighted by Crippen LogP contribution is -2.56. The molecule has 0 unspecified atom stereocenters. The minimum atomic E-state index is -1.22. The summed E-state index contributed by atoms with van der Waals surface area (Å²) in [6.07, 6.45) is 4.50. The number of allylic oxidation sites excluding steroid dienone is 1. The van der Waals surface area contributed by atoms with E-state index in [0.29, 0.717) is 30.0 Å². The van der Waals surface area contributed by atoms with Gasteiger partial charge in [-0.3, -0.25) is 19.2 Å². The highest BCUT2D eigenvalue weighted by molar-refractivity contribution is 6.30. The summed E-state index contributed by atoms with van der Waals surface area (Å²) >= 11 is 6.11. The third-order valence-electron chi connectivity index (χ3n) is 9.09. The molecule has 3 amide bonds. The lowest BCUT2D eigenvalue weighted by Gasteiger charge is -2.36. The highest BCUT2D eigenvalue weighted by atomic mass is 35.5. The van der Waals surface area contributed by atoms with E-state index in [-0.39, 0.29) is 51.0 Å². The first-order valence-electron chi connectivity index (χ1n) is 15.6. The predicted molar refractivity (Wildman–Crippen MR) is 173 cm³/mol. The van der Waals surface area contributed by atoms with Gasteiger partial charge < -0.3 is 29.7 Å². The minimum absolute atomic E-state index is 0.0882.